The first kappa shape index (κ1) is 23.0. The van der Waals surface area contributed by atoms with Crippen LogP contribution in [0.5, 0.6) is 5.75 Å². The van der Waals surface area contributed by atoms with E-state index >= 15 is 0 Å². The lowest BCUT2D eigenvalue weighted by Crippen LogP contribution is -2.39. The van der Waals surface area contributed by atoms with Crippen LogP contribution in [0, 0.1) is 4.78 Å². The number of hydrogen-bond acceptors (Lipinski definition) is 6. The average molecular weight is 516 g/mol. The number of benzene rings is 2. The van der Waals surface area contributed by atoms with Crippen molar-refractivity contribution in [3.8, 4) is 17.0 Å². The number of hydrogen-bond donors (Lipinski definition) is 2. The van der Waals surface area contributed by atoms with E-state index in [9.17, 15) is 4.21 Å². The third-order valence-electron chi connectivity index (χ3n) is 6.03. The molecule has 0 amide bonds. The zero-order valence-corrected chi connectivity index (χ0v) is 20.8. The summed E-state index contributed by atoms with van der Waals surface area (Å²) in [5.41, 5.74) is 4.46. The van der Waals surface area contributed by atoms with E-state index in [2.05, 4.69) is 20.1 Å². The number of rotatable bonds is 5. The fraction of sp³-hybridized carbons (Fsp3) is 0.250. The number of nitrogens with zero attached hydrogens (tertiary/aromatic N) is 3. The topological polar surface area (TPSA) is 95.0 Å². The van der Waals surface area contributed by atoms with Crippen LogP contribution in [0.15, 0.2) is 54.9 Å². The summed E-state index contributed by atoms with van der Waals surface area (Å²) in [4.78, 5) is 6.17. The molecule has 5 rings (SSSR count). The van der Waals surface area contributed by atoms with E-state index in [0.29, 0.717) is 46.0 Å². The SMILES string of the molecule is CC(Oc1ccc2[nH]nc(-c3ccc(N4CCS(=N)(=O)CC4)cc3)c2c1)c1c(Cl)cncc1Cl. The van der Waals surface area contributed by atoms with E-state index in [1.54, 1.807) is 12.4 Å². The number of H-pyrrole nitrogens is 1. The minimum Gasteiger partial charge on any atom is -0.486 e. The number of anilines is 1. The van der Waals surface area contributed by atoms with Gasteiger partial charge in [0, 0.05) is 68.9 Å². The molecule has 7 nitrogen and oxygen atoms in total. The number of fused-ring (bicyclic) bond motifs is 1. The summed E-state index contributed by atoms with van der Waals surface area (Å²) in [6.07, 6.45) is 2.75. The Morgan fingerprint density at radius 3 is 2.44 bits per heavy atom. The molecule has 1 aliphatic rings. The van der Waals surface area contributed by atoms with Crippen LogP contribution in [0.4, 0.5) is 5.69 Å². The van der Waals surface area contributed by atoms with Gasteiger partial charge in [-0.2, -0.15) is 5.10 Å². The minimum absolute atomic E-state index is 0.363. The van der Waals surface area contributed by atoms with Crippen LogP contribution in [-0.2, 0) is 9.73 Å². The summed E-state index contributed by atoms with van der Waals surface area (Å²) < 4.78 is 25.9. The monoisotopic (exact) mass is 515 g/mol. The van der Waals surface area contributed by atoms with Crippen LogP contribution < -0.4 is 9.64 Å². The average Bonchev–Trinajstić information content (AvgIpc) is 3.22. The molecule has 0 bridgehead atoms. The van der Waals surface area contributed by atoms with Gasteiger partial charge in [0.1, 0.15) is 17.5 Å². The molecule has 0 spiro atoms. The van der Waals surface area contributed by atoms with E-state index in [1.165, 1.54) is 0 Å². The summed E-state index contributed by atoms with van der Waals surface area (Å²) in [6.45, 7) is 3.17. The van der Waals surface area contributed by atoms with Crippen LogP contribution in [0.25, 0.3) is 22.2 Å². The minimum atomic E-state index is -2.41. The van der Waals surface area contributed by atoms with Gasteiger partial charge >= 0.3 is 0 Å². The molecular weight excluding hydrogens is 493 g/mol. The highest BCUT2D eigenvalue weighted by molar-refractivity contribution is 7.92. The van der Waals surface area contributed by atoms with E-state index in [4.69, 9.17) is 32.7 Å². The molecule has 176 valence electrons. The van der Waals surface area contributed by atoms with Gasteiger partial charge < -0.3 is 9.64 Å². The Hall–Kier alpha value is -2.81. The standard InChI is InChI=1S/C24H23Cl2N5O2S/c1-15(23-20(25)13-28-14-21(23)26)33-18-6-7-22-19(12-18)24(30-29-22)16-2-4-17(5-3-16)31-8-10-34(27,32)11-9-31/h2-7,12-15,27H,8-11H2,1H3,(H,29,30). The molecule has 3 heterocycles. The zero-order chi connectivity index (χ0) is 23.9. The maximum atomic E-state index is 11.9. The lowest BCUT2D eigenvalue weighted by molar-refractivity contribution is 0.227. The molecule has 34 heavy (non-hydrogen) atoms. The van der Waals surface area contributed by atoms with E-state index < -0.39 is 9.73 Å². The number of aromatic amines is 1. The van der Waals surface area contributed by atoms with Crippen molar-refractivity contribution in [3.05, 3.63) is 70.5 Å². The molecule has 0 saturated carbocycles. The smallest absolute Gasteiger partial charge is 0.124 e. The van der Waals surface area contributed by atoms with Crippen LogP contribution >= 0.6 is 23.2 Å². The second kappa shape index (κ2) is 9.09. The molecule has 10 heteroatoms. The van der Waals surface area contributed by atoms with Crippen LogP contribution in [0.3, 0.4) is 0 Å². The van der Waals surface area contributed by atoms with Crippen molar-refractivity contribution >= 4 is 49.5 Å². The van der Waals surface area contributed by atoms with Gasteiger partial charge in [-0.1, -0.05) is 35.3 Å². The van der Waals surface area contributed by atoms with Crippen molar-refractivity contribution in [2.45, 2.75) is 13.0 Å². The summed E-state index contributed by atoms with van der Waals surface area (Å²) in [5, 5.41) is 9.48. The second-order valence-electron chi connectivity index (χ2n) is 8.31. The quantitative estimate of drug-likeness (QED) is 0.343. The molecule has 1 fully saturated rings. The van der Waals surface area contributed by atoms with E-state index in [-0.39, 0.29) is 6.10 Å². The number of halogens is 2. The molecule has 1 aliphatic heterocycles. The first-order valence-electron chi connectivity index (χ1n) is 10.8. The van der Waals surface area contributed by atoms with Crippen molar-refractivity contribution in [1.29, 1.82) is 4.78 Å². The highest BCUT2D eigenvalue weighted by Gasteiger charge is 2.20. The molecule has 1 unspecified atom stereocenters. The lowest BCUT2D eigenvalue weighted by atomic mass is 10.1. The molecule has 2 aromatic carbocycles. The Labute approximate surface area is 208 Å². The molecular formula is C24H23Cl2N5O2S. The molecule has 1 saturated heterocycles. The Morgan fingerprint density at radius 2 is 1.76 bits per heavy atom. The van der Waals surface area contributed by atoms with E-state index in [1.807, 2.05) is 49.4 Å². The Bertz CT molecular complexity index is 1420. The fourth-order valence-corrected chi connectivity index (χ4v) is 6.08. The van der Waals surface area contributed by atoms with Crippen LogP contribution in [-0.4, -0.2) is 44.0 Å². The number of ether oxygens (including phenoxy) is 1. The van der Waals surface area contributed by atoms with Crippen molar-refractivity contribution in [2.24, 2.45) is 0 Å². The van der Waals surface area contributed by atoms with Gasteiger partial charge in [0.25, 0.3) is 0 Å². The van der Waals surface area contributed by atoms with Crippen molar-refractivity contribution in [3.63, 3.8) is 0 Å². The predicted octanol–water partition coefficient (Wildman–Crippen LogP) is 5.94. The molecule has 4 aromatic rings. The van der Waals surface area contributed by atoms with Crippen molar-refractivity contribution in [2.75, 3.05) is 29.5 Å². The van der Waals surface area contributed by atoms with Crippen LogP contribution in [0.1, 0.15) is 18.6 Å². The Kier molecular flexibility index (Phi) is 6.14. The Morgan fingerprint density at radius 1 is 1.09 bits per heavy atom. The molecule has 0 aliphatic carbocycles. The number of aromatic nitrogens is 3. The lowest BCUT2D eigenvalue weighted by Gasteiger charge is -2.30. The third-order valence-corrected chi connectivity index (χ3v) is 8.32. The number of pyridine rings is 1. The summed E-state index contributed by atoms with van der Waals surface area (Å²) in [7, 11) is -2.41. The van der Waals surface area contributed by atoms with Gasteiger partial charge in [0.2, 0.25) is 0 Å². The highest BCUT2D eigenvalue weighted by Crippen LogP contribution is 2.35. The van der Waals surface area contributed by atoms with Gasteiger partial charge in [-0.3, -0.25) is 14.9 Å². The summed E-state index contributed by atoms with van der Waals surface area (Å²) >= 11 is 12.6. The third kappa shape index (κ3) is 4.58. The van der Waals surface area contributed by atoms with Gasteiger partial charge in [-0.15, -0.1) is 0 Å². The fourth-order valence-electron chi connectivity index (χ4n) is 4.18. The molecule has 1 atom stereocenters. The number of nitrogens with one attached hydrogen (secondary N) is 2. The first-order valence-corrected chi connectivity index (χ1v) is 13.5. The van der Waals surface area contributed by atoms with Gasteiger partial charge in [0.15, 0.2) is 0 Å². The normalized spacial score (nSPS) is 16.5. The molecule has 2 N–H and O–H groups in total. The van der Waals surface area contributed by atoms with Crippen molar-refractivity contribution in [1.82, 2.24) is 15.2 Å². The maximum absolute atomic E-state index is 11.9. The Balaban J connectivity index is 1.39. The summed E-state index contributed by atoms with van der Waals surface area (Å²) in [5.74, 6) is 1.50. The largest absolute Gasteiger partial charge is 0.486 e. The zero-order valence-electron chi connectivity index (χ0n) is 18.4. The predicted molar refractivity (Wildman–Crippen MR) is 138 cm³/mol. The van der Waals surface area contributed by atoms with Crippen LogP contribution in [0.2, 0.25) is 10.0 Å². The molecule has 0 radical (unpaired) electrons. The first-order chi connectivity index (χ1) is 16.3. The summed E-state index contributed by atoms with van der Waals surface area (Å²) in [6, 6.07) is 13.9. The maximum Gasteiger partial charge on any atom is 0.124 e. The second-order valence-corrected chi connectivity index (χ2v) is 11.6. The highest BCUT2D eigenvalue weighted by atomic mass is 35.5. The molecule has 2 aromatic heterocycles. The van der Waals surface area contributed by atoms with Gasteiger partial charge in [-0.25, -0.2) is 4.21 Å². The van der Waals surface area contributed by atoms with Gasteiger partial charge in [0.05, 0.1) is 15.6 Å². The van der Waals surface area contributed by atoms with E-state index in [0.717, 1.165) is 27.8 Å². The van der Waals surface area contributed by atoms with Crippen molar-refractivity contribution < 1.29 is 8.95 Å². The van der Waals surface area contributed by atoms with Gasteiger partial charge in [-0.05, 0) is 37.3 Å².